The van der Waals surface area contributed by atoms with Gasteiger partial charge in [-0.1, -0.05) is 58.7 Å². The molecule has 0 heterocycles. The summed E-state index contributed by atoms with van der Waals surface area (Å²) in [6.07, 6.45) is 11.1. The van der Waals surface area contributed by atoms with E-state index in [-0.39, 0.29) is 6.10 Å². The molecular weight excluding hydrogens is 267 g/mol. The van der Waals surface area contributed by atoms with E-state index in [9.17, 15) is 0 Å². The molecule has 1 radical (unpaired) electrons. The summed E-state index contributed by atoms with van der Waals surface area (Å²) in [6.45, 7) is 15.8. The van der Waals surface area contributed by atoms with Crippen molar-refractivity contribution in [1.82, 2.24) is 0 Å². The third-order valence-corrected chi connectivity index (χ3v) is 4.64. The first-order valence-corrected chi connectivity index (χ1v) is 9.13. The highest BCUT2D eigenvalue weighted by atomic mass is 16.5. The fourth-order valence-electron chi connectivity index (χ4n) is 3.20. The van der Waals surface area contributed by atoms with Gasteiger partial charge in [-0.2, -0.15) is 0 Å². The zero-order valence-electron chi connectivity index (χ0n) is 15.9. The minimum absolute atomic E-state index is 0.282. The molecule has 0 bridgehead atoms. The zero-order valence-corrected chi connectivity index (χ0v) is 15.9. The normalized spacial score (nSPS) is 23.6. The van der Waals surface area contributed by atoms with Gasteiger partial charge in [0.05, 0.1) is 12.2 Å². The van der Waals surface area contributed by atoms with E-state index in [2.05, 4.69) is 67.9 Å². The highest BCUT2D eigenvalue weighted by Crippen LogP contribution is 2.39. The van der Waals surface area contributed by atoms with Gasteiger partial charge in [0.2, 0.25) is 0 Å². The van der Waals surface area contributed by atoms with Gasteiger partial charge in [-0.25, -0.2) is 0 Å². The monoisotopic (exact) mass is 303 g/mol. The molecule has 2 atom stereocenters. The topological polar surface area (TPSA) is 9.23 Å². The molecule has 125 valence electrons. The number of hydrogen-bond acceptors (Lipinski definition) is 1. The number of allylic oxidation sites excluding steroid dienone is 3. The van der Waals surface area contributed by atoms with Gasteiger partial charge >= 0.3 is 0 Å². The fourth-order valence-corrected chi connectivity index (χ4v) is 3.20. The van der Waals surface area contributed by atoms with Crippen LogP contribution in [-0.2, 0) is 4.74 Å². The molecule has 2 unspecified atom stereocenters. The fraction of sp³-hybridized carbons (Fsp3) is 0.800. The Labute approximate surface area is 139 Å². The van der Waals surface area contributed by atoms with Crippen molar-refractivity contribution in [3.05, 3.63) is 23.2 Å². The minimum Gasteiger partial charge on any atom is -0.372 e. The van der Waals surface area contributed by atoms with E-state index in [0.717, 1.165) is 25.6 Å². The van der Waals surface area contributed by atoms with Gasteiger partial charge in [-0.3, -0.25) is 0 Å². The van der Waals surface area contributed by atoms with Crippen LogP contribution in [0.15, 0.2) is 23.2 Å². The van der Waals surface area contributed by atoms with E-state index >= 15 is 0 Å². The standard InChI is InChI=1S/C20H36BO/c1-8-10-16(9-2)14-21-18-11-17(20(5,6)7)12-19(13-18)22-15(3)4/h10,13,15,17,19H,8-9,11-12,14H2,1-7H3/b16-10+. The van der Waals surface area contributed by atoms with E-state index in [0.29, 0.717) is 17.4 Å². The molecule has 0 N–H and O–H groups in total. The van der Waals surface area contributed by atoms with Gasteiger partial charge in [-0.15, -0.1) is 5.47 Å². The second-order valence-corrected chi connectivity index (χ2v) is 8.00. The smallest absolute Gasteiger partial charge is 0.150 e. The average Bonchev–Trinajstić information content (AvgIpc) is 2.41. The van der Waals surface area contributed by atoms with Crippen LogP contribution >= 0.6 is 0 Å². The van der Waals surface area contributed by atoms with Crippen LogP contribution < -0.4 is 0 Å². The first kappa shape index (κ1) is 19.6. The summed E-state index contributed by atoms with van der Waals surface area (Å²) < 4.78 is 6.12. The molecule has 0 fully saturated rings. The largest absolute Gasteiger partial charge is 0.372 e. The maximum atomic E-state index is 6.12. The maximum Gasteiger partial charge on any atom is 0.150 e. The van der Waals surface area contributed by atoms with Gasteiger partial charge in [0, 0.05) is 0 Å². The van der Waals surface area contributed by atoms with Crippen LogP contribution in [-0.4, -0.2) is 19.5 Å². The summed E-state index contributed by atoms with van der Waals surface area (Å²) in [5, 5.41) is 0. The zero-order chi connectivity index (χ0) is 16.8. The third-order valence-electron chi connectivity index (χ3n) is 4.64. The van der Waals surface area contributed by atoms with E-state index in [1.54, 1.807) is 5.57 Å². The van der Waals surface area contributed by atoms with Crippen LogP contribution in [0.5, 0.6) is 0 Å². The predicted octanol–water partition coefficient (Wildman–Crippen LogP) is 5.99. The highest BCUT2D eigenvalue weighted by Gasteiger charge is 2.31. The first-order valence-electron chi connectivity index (χ1n) is 9.13. The average molecular weight is 303 g/mol. The van der Waals surface area contributed by atoms with Crippen LogP contribution in [0.4, 0.5) is 0 Å². The minimum atomic E-state index is 0.282. The molecule has 1 aliphatic carbocycles. The van der Waals surface area contributed by atoms with Crippen molar-refractivity contribution in [1.29, 1.82) is 0 Å². The number of hydrogen-bond donors (Lipinski definition) is 0. The summed E-state index contributed by atoms with van der Waals surface area (Å²) in [6, 6.07) is 0. The molecule has 1 aliphatic rings. The van der Waals surface area contributed by atoms with Gasteiger partial charge < -0.3 is 4.74 Å². The molecule has 0 aromatic heterocycles. The molecular formula is C20H36BO. The van der Waals surface area contributed by atoms with Crippen molar-refractivity contribution in [2.75, 3.05) is 0 Å². The molecule has 0 aromatic rings. The van der Waals surface area contributed by atoms with Crippen molar-refractivity contribution in [2.45, 2.75) is 92.7 Å². The lowest BCUT2D eigenvalue weighted by atomic mass is 9.57. The van der Waals surface area contributed by atoms with Crippen molar-refractivity contribution < 1.29 is 4.74 Å². The predicted molar refractivity (Wildman–Crippen MR) is 99.5 cm³/mol. The summed E-state index contributed by atoms with van der Waals surface area (Å²) in [5.41, 5.74) is 3.40. The lowest BCUT2D eigenvalue weighted by Crippen LogP contribution is -2.32. The molecule has 0 amide bonds. The van der Waals surface area contributed by atoms with Crippen LogP contribution in [0.25, 0.3) is 0 Å². The Hall–Kier alpha value is -0.495. The lowest BCUT2D eigenvalue weighted by Gasteiger charge is -2.38. The molecule has 0 saturated carbocycles. The van der Waals surface area contributed by atoms with Gasteiger partial charge in [0.15, 0.2) is 0 Å². The summed E-state index contributed by atoms with van der Waals surface area (Å²) in [7, 11) is 2.44. The lowest BCUT2D eigenvalue weighted by molar-refractivity contribution is 0.00574. The van der Waals surface area contributed by atoms with Crippen LogP contribution in [0.1, 0.15) is 74.1 Å². The van der Waals surface area contributed by atoms with Gasteiger partial charge in [0.25, 0.3) is 0 Å². The van der Waals surface area contributed by atoms with Gasteiger partial charge in [0.1, 0.15) is 7.28 Å². The maximum absolute atomic E-state index is 6.12. The van der Waals surface area contributed by atoms with E-state index in [4.69, 9.17) is 4.74 Å². The third kappa shape index (κ3) is 6.73. The molecule has 1 nitrogen and oxygen atoms in total. The van der Waals surface area contributed by atoms with Crippen LogP contribution in [0.2, 0.25) is 6.32 Å². The Balaban J connectivity index is 2.76. The Morgan fingerprint density at radius 3 is 2.55 bits per heavy atom. The molecule has 0 saturated heterocycles. The number of ether oxygens (including phenoxy) is 1. The Kier molecular flexibility index (Phi) is 7.96. The molecule has 0 aromatic carbocycles. The molecule has 2 heteroatoms. The molecule has 22 heavy (non-hydrogen) atoms. The Bertz CT molecular complexity index is 387. The van der Waals surface area contributed by atoms with Crippen LogP contribution in [0, 0.1) is 11.3 Å². The van der Waals surface area contributed by atoms with Crippen molar-refractivity contribution in [2.24, 2.45) is 11.3 Å². The highest BCUT2D eigenvalue weighted by molar-refractivity contribution is 6.46. The second kappa shape index (κ2) is 8.96. The quantitative estimate of drug-likeness (QED) is 0.414. The van der Waals surface area contributed by atoms with Crippen LogP contribution in [0.3, 0.4) is 0 Å². The van der Waals surface area contributed by atoms with Gasteiger partial charge in [-0.05, 0) is 50.9 Å². The van der Waals surface area contributed by atoms with Crippen molar-refractivity contribution in [3.63, 3.8) is 0 Å². The SMILES string of the molecule is CC/C=C(\CC)C[B]C1=CC(OC(C)C)CC(C(C)(C)C)C1. The second-order valence-electron chi connectivity index (χ2n) is 8.00. The molecule has 0 spiro atoms. The van der Waals surface area contributed by atoms with E-state index in [1.807, 2.05) is 0 Å². The summed E-state index contributed by atoms with van der Waals surface area (Å²) in [4.78, 5) is 0. The van der Waals surface area contributed by atoms with E-state index < -0.39 is 0 Å². The summed E-state index contributed by atoms with van der Waals surface area (Å²) in [5.74, 6) is 0.702. The van der Waals surface area contributed by atoms with Crippen molar-refractivity contribution >= 4 is 7.28 Å². The first-order chi connectivity index (χ1) is 10.3. The Morgan fingerprint density at radius 1 is 1.36 bits per heavy atom. The summed E-state index contributed by atoms with van der Waals surface area (Å²) >= 11 is 0. The molecule has 0 aliphatic heterocycles. The Morgan fingerprint density at radius 2 is 2.05 bits per heavy atom. The van der Waals surface area contributed by atoms with Crippen molar-refractivity contribution in [3.8, 4) is 0 Å². The van der Waals surface area contributed by atoms with E-state index in [1.165, 1.54) is 11.9 Å². The molecule has 1 rings (SSSR count). The number of rotatable bonds is 7.